The molecule has 0 radical (unpaired) electrons. The van der Waals surface area contributed by atoms with Crippen LogP contribution in [0.25, 0.3) is 0 Å². The highest BCUT2D eigenvalue weighted by molar-refractivity contribution is 5.78. The summed E-state index contributed by atoms with van der Waals surface area (Å²) in [5.74, 6) is 0.618. The number of unbranched alkanes of at least 4 members (excludes halogenated alkanes) is 2. The fraction of sp³-hybridized carbons (Fsp3) is 0.938. The molecule has 0 atom stereocenters. The molecule has 19 heavy (non-hydrogen) atoms. The lowest BCUT2D eigenvalue weighted by Crippen LogP contribution is -2.32. The van der Waals surface area contributed by atoms with Gasteiger partial charge in [0.15, 0.2) is 0 Å². The minimum absolute atomic E-state index is 0.309. The summed E-state index contributed by atoms with van der Waals surface area (Å²) in [6.45, 7) is 8.79. The van der Waals surface area contributed by atoms with E-state index in [0.717, 1.165) is 38.9 Å². The molecule has 0 aromatic carbocycles. The van der Waals surface area contributed by atoms with Crippen LogP contribution < -0.4 is 5.32 Å². The number of hydrogen-bond donors (Lipinski definition) is 1. The number of rotatable bonds is 9. The second kappa shape index (κ2) is 10.2. The van der Waals surface area contributed by atoms with Crippen LogP contribution in [0.2, 0.25) is 0 Å². The molecular formula is C16H32N2O. The molecule has 1 aliphatic rings. The molecule has 0 aromatic rings. The van der Waals surface area contributed by atoms with Gasteiger partial charge in [-0.15, -0.1) is 0 Å². The van der Waals surface area contributed by atoms with Gasteiger partial charge in [0.25, 0.3) is 0 Å². The summed E-state index contributed by atoms with van der Waals surface area (Å²) >= 11 is 0. The van der Waals surface area contributed by atoms with E-state index in [1.54, 1.807) is 0 Å². The van der Waals surface area contributed by atoms with Gasteiger partial charge in [0.05, 0.1) is 0 Å². The molecule has 1 aliphatic carbocycles. The molecule has 1 fully saturated rings. The first-order valence-corrected chi connectivity index (χ1v) is 8.28. The smallest absolute Gasteiger partial charge is 0.223 e. The van der Waals surface area contributed by atoms with E-state index in [1.807, 2.05) is 0 Å². The van der Waals surface area contributed by atoms with Crippen molar-refractivity contribution in [2.24, 2.45) is 5.92 Å². The Hall–Kier alpha value is -0.570. The lowest BCUT2D eigenvalue weighted by Gasteiger charge is -2.21. The lowest BCUT2D eigenvalue weighted by molar-refractivity contribution is -0.125. The van der Waals surface area contributed by atoms with Gasteiger partial charge in [-0.2, -0.15) is 0 Å². The van der Waals surface area contributed by atoms with Gasteiger partial charge in [-0.05, 0) is 45.3 Å². The van der Waals surface area contributed by atoms with E-state index in [1.165, 1.54) is 38.6 Å². The Labute approximate surface area is 119 Å². The molecule has 1 rings (SSSR count). The first-order chi connectivity index (χ1) is 9.27. The van der Waals surface area contributed by atoms with Crippen molar-refractivity contribution in [3.8, 4) is 0 Å². The van der Waals surface area contributed by atoms with Crippen LogP contribution in [0.3, 0.4) is 0 Å². The second-order valence-corrected chi connectivity index (χ2v) is 5.71. The first-order valence-electron chi connectivity index (χ1n) is 8.28. The summed E-state index contributed by atoms with van der Waals surface area (Å²) in [5.41, 5.74) is 0. The molecule has 3 nitrogen and oxygen atoms in total. The standard InChI is InChI=1S/C16H32N2O/c1-3-18(4-2)14-10-6-9-13-17-16(19)15-11-7-5-8-12-15/h15H,3-14H2,1-2H3,(H,17,19). The molecule has 112 valence electrons. The minimum Gasteiger partial charge on any atom is -0.356 e. The van der Waals surface area contributed by atoms with Crippen LogP contribution >= 0.6 is 0 Å². The van der Waals surface area contributed by atoms with Crippen molar-refractivity contribution in [3.05, 3.63) is 0 Å². The minimum atomic E-state index is 0.309. The predicted molar refractivity (Wildman–Crippen MR) is 81.2 cm³/mol. The van der Waals surface area contributed by atoms with Crippen molar-refractivity contribution in [2.45, 2.75) is 65.2 Å². The van der Waals surface area contributed by atoms with Crippen LogP contribution in [0.15, 0.2) is 0 Å². The molecule has 0 unspecified atom stereocenters. The maximum Gasteiger partial charge on any atom is 0.223 e. The Balaban J connectivity index is 1.96. The highest BCUT2D eigenvalue weighted by Gasteiger charge is 2.20. The van der Waals surface area contributed by atoms with E-state index in [2.05, 4.69) is 24.1 Å². The average Bonchev–Trinajstić information content (AvgIpc) is 2.47. The van der Waals surface area contributed by atoms with Crippen LogP contribution in [-0.4, -0.2) is 37.0 Å². The third kappa shape index (κ3) is 6.95. The lowest BCUT2D eigenvalue weighted by atomic mass is 9.89. The highest BCUT2D eigenvalue weighted by Crippen LogP contribution is 2.23. The third-order valence-electron chi connectivity index (χ3n) is 4.32. The first kappa shape index (κ1) is 16.5. The summed E-state index contributed by atoms with van der Waals surface area (Å²) in [7, 11) is 0. The summed E-state index contributed by atoms with van der Waals surface area (Å²) in [6, 6.07) is 0. The maximum atomic E-state index is 11.9. The third-order valence-corrected chi connectivity index (χ3v) is 4.32. The van der Waals surface area contributed by atoms with Crippen molar-refractivity contribution in [2.75, 3.05) is 26.2 Å². The van der Waals surface area contributed by atoms with Gasteiger partial charge in [-0.3, -0.25) is 4.79 Å². The van der Waals surface area contributed by atoms with Crippen LogP contribution in [0.5, 0.6) is 0 Å². The van der Waals surface area contributed by atoms with E-state index < -0.39 is 0 Å². The zero-order chi connectivity index (χ0) is 13.9. The van der Waals surface area contributed by atoms with Crippen molar-refractivity contribution in [3.63, 3.8) is 0 Å². The van der Waals surface area contributed by atoms with Gasteiger partial charge in [0.1, 0.15) is 0 Å². The molecule has 1 saturated carbocycles. The predicted octanol–water partition coefficient (Wildman–Crippen LogP) is 3.20. The Morgan fingerprint density at radius 1 is 1.05 bits per heavy atom. The Morgan fingerprint density at radius 3 is 2.37 bits per heavy atom. The number of nitrogens with zero attached hydrogens (tertiary/aromatic N) is 1. The van der Waals surface area contributed by atoms with Gasteiger partial charge in [-0.1, -0.05) is 39.5 Å². The molecule has 0 saturated heterocycles. The van der Waals surface area contributed by atoms with E-state index in [9.17, 15) is 4.79 Å². The van der Waals surface area contributed by atoms with Gasteiger partial charge in [-0.25, -0.2) is 0 Å². The molecule has 1 N–H and O–H groups in total. The van der Waals surface area contributed by atoms with Gasteiger partial charge >= 0.3 is 0 Å². The summed E-state index contributed by atoms with van der Waals surface area (Å²) in [6.07, 6.45) is 9.60. The fourth-order valence-electron chi connectivity index (χ4n) is 2.90. The Bertz CT molecular complexity index is 233. The number of carbonyl (C=O) groups is 1. The zero-order valence-corrected chi connectivity index (χ0v) is 12.9. The van der Waals surface area contributed by atoms with Gasteiger partial charge in [0, 0.05) is 12.5 Å². The second-order valence-electron chi connectivity index (χ2n) is 5.71. The number of carbonyl (C=O) groups excluding carboxylic acids is 1. The van der Waals surface area contributed by atoms with Gasteiger partial charge < -0.3 is 10.2 Å². The van der Waals surface area contributed by atoms with E-state index in [0.29, 0.717) is 11.8 Å². The number of hydrogen-bond acceptors (Lipinski definition) is 2. The maximum absolute atomic E-state index is 11.9. The molecule has 0 bridgehead atoms. The Morgan fingerprint density at radius 2 is 1.74 bits per heavy atom. The van der Waals surface area contributed by atoms with Crippen LogP contribution in [0.1, 0.15) is 65.2 Å². The fourth-order valence-corrected chi connectivity index (χ4v) is 2.90. The number of nitrogens with one attached hydrogen (secondary N) is 1. The molecule has 3 heteroatoms. The van der Waals surface area contributed by atoms with E-state index in [-0.39, 0.29) is 0 Å². The molecule has 0 aromatic heterocycles. The summed E-state index contributed by atoms with van der Waals surface area (Å²) in [5, 5.41) is 3.12. The van der Waals surface area contributed by atoms with E-state index in [4.69, 9.17) is 0 Å². The zero-order valence-electron chi connectivity index (χ0n) is 12.9. The van der Waals surface area contributed by atoms with Crippen molar-refractivity contribution in [1.82, 2.24) is 10.2 Å². The topological polar surface area (TPSA) is 32.3 Å². The van der Waals surface area contributed by atoms with Crippen LogP contribution in [-0.2, 0) is 4.79 Å². The molecule has 1 amide bonds. The quantitative estimate of drug-likeness (QED) is 0.651. The van der Waals surface area contributed by atoms with Gasteiger partial charge in [0.2, 0.25) is 5.91 Å². The molecule has 0 heterocycles. The molecule has 0 spiro atoms. The summed E-state index contributed by atoms with van der Waals surface area (Å²) in [4.78, 5) is 14.4. The van der Waals surface area contributed by atoms with Crippen LogP contribution in [0, 0.1) is 5.92 Å². The van der Waals surface area contributed by atoms with Crippen LogP contribution in [0.4, 0.5) is 0 Å². The highest BCUT2D eigenvalue weighted by atomic mass is 16.1. The normalized spacial score (nSPS) is 16.8. The van der Waals surface area contributed by atoms with E-state index >= 15 is 0 Å². The molecule has 0 aliphatic heterocycles. The Kier molecular flexibility index (Phi) is 8.89. The van der Waals surface area contributed by atoms with Crippen molar-refractivity contribution in [1.29, 1.82) is 0 Å². The summed E-state index contributed by atoms with van der Waals surface area (Å²) < 4.78 is 0. The average molecular weight is 268 g/mol. The SMILES string of the molecule is CCN(CC)CCCCCNC(=O)C1CCCCC1. The monoisotopic (exact) mass is 268 g/mol. The molecular weight excluding hydrogens is 236 g/mol. The van der Waals surface area contributed by atoms with Crippen molar-refractivity contribution >= 4 is 5.91 Å². The largest absolute Gasteiger partial charge is 0.356 e. The van der Waals surface area contributed by atoms with Crippen molar-refractivity contribution < 1.29 is 4.79 Å². The number of amides is 1.